The summed E-state index contributed by atoms with van der Waals surface area (Å²) in [7, 11) is 3.23. The lowest BCUT2D eigenvalue weighted by Crippen LogP contribution is -2.09. The van der Waals surface area contributed by atoms with E-state index < -0.39 is 0 Å². The SMILES string of the molecule is COc1ccc(-c2c/c(=N\Nc3nc4ccccc4[nH]3)c3c(C)cc(C)cc3o2)cc1OC. The van der Waals surface area contributed by atoms with Crippen molar-refractivity contribution >= 4 is 28.0 Å². The van der Waals surface area contributed by atoms with Crippen LogP contribution in [0.2, 0.25) is 0 Å². The summed E-state index contributed by atoms with van der Waals surface area (Å²) < 4.78 is 17.2. The van der Waals surface area contributed by atoms with Gasteiger partial charge in [-0.2, -0.15) is 5.10 Å². The van der Waals surface area contributed by atoms with Gasteiger partial charge >= 0.3 is 0 Å². The number of nitrogens with zero attached hydrogens (tertiary/aromatic N) is 2. The second kappa shape index (κ2) is 8.35. The third kappa shape index (κ3) is 3.89. The van der Waals surface area contributed by atoms with Crippen molar-refractivity contribution in [3.8, 4) is 22.8 Å². The first-order valence-corrected chi connectivity index (χ1v) is 10.6. The van der Waals surface area contributed by atoms with Crippen LogP contribution in [-0.4, -0.2) is 24.2 Å². The Bertz CT molecular complexity index is 1520. The summed E-state index contributed by atoms with van der Waals surface area (Å²) in [5, 5.41) is 6.38. The molecule has 3 aromatic carbocycles. The number of benzene rings is 3. The van der Waals surface area contributed by atoms with Crippen LogP contribution in [0.3, 0.4) is 0 Å². The first-order valence-electron chi connectivity index (χ1n) is 10.6. The van der Waals surface area contributed by atoms with Crippen LogP contribution in [0.4, 0.5) is 5.95 Å². The van der Waals surface area contributed by atoms with Crippen LogP contribution < -0.4 is 20.3 Å². The van der Waals surface area contributed by atoms with Gasteiger partial charge in [-0.15, -0.1) is 0 Å². The lowest BCUT2D eigenvalue weighted by molar-refractivity contribution is 0.355. The number of fused-ring (bicyclic) bond motifs is 2. The Morgan fingerprint density at radius 3 is 2.55 bits per heavy atom. The van der Waals surface area contributed by atoms with Crippen LogP contribution in [0.1, 0.15) is 11.1 Å². The zero-order valence-electron chi connectivity index (χ0n) is 18.9. The summed E-state index contributed by atoms with van der Waals surface area (Å²) in [4.78, 5) is 7.79. The maximum atomic E-state index is 6.32. The maximum Gasteiger partial charge on any atom is 0.222 e. The van der Waals surface area contributed by atoms with Crippen LogP contribution in [-0.2, 0) is 0 Å². The van der Waals surface area contributed by atoms with Crippen molar-refractivity contribution in [1.82, 2.24) is 9.97 Å². The Morgan fingerprint density at radius 1 is 0.939 bits per heavy atom. The van der Waals surface area contributed by atoms with Crippen molar-refractivity contribution < 1.29 is 13.9 Å². The smallest absolute Gasteiger partial charge is 0.222 e. The number of aryl methyl sites for hydroxylation is 2. The molecular weight excluding hydrogens is 416 g/mol. The van der Waals surface area contributed by atoms with Gasteiger partial charge in [0.1, 0.15) is 11.3 Å². The Balaban J connectivity index is 1.67. The molecule has 5 aromatic rings. The maximum absolute atomic E-state index is 6.32. The second-order valence-electron chi connectivity index (χ2n) is 7.85. The quantitative estimate of drug-likeness (QED) is 0.351. The summed E-state index contributed by atoms with van der Waals surface area (Å²) in [5.74, 6) is 2.52. The summed E-state index contributed by atoms with van der Waals surface area (Å²) >= 11 is 0. The third-order valence-electron chi connectivity index (χ3n) is 5.53. The molecule has 0 atom stereocenters. The van der Waals surface area contributed by atoms with E-state index in [0.29, 0.717) is 23.2 Å². The van der Waals surface area contributed by atoms with Gasteiger partial charge in [0.15, 0.2) is 11.5 Å². The summed E-state index contributed by atoms with van der Waals surface area (Å²) in [6.07, 6.45) is 0. The average molecular weight is 441 g/mol. The number of nitrogens with one attached hydrogen (secondary N) is 2. The number of para-hydroxylation sites is 2. The van der Waals surface area contributed by atoms with Crippen molar-refractivity contribution in [1.29, 1.82) is 0 Å². The predicted molar refractivity (Wildman–Crippen MR) is 130 cm³/mol. The second-order valence-corrected chi connectivity index (χ2v) is 7.85. The molecule has 2 heterocycles. The highest BCUT2D eigenvalue weighted by molar-refractivity contribution is 5.83. The van der Waals surface area contributed by atoms with E-state index in [0.717, 1.165) is 44.1 Å². The third-order valence-corrected chi connectivity index (χ3v) is 5.53. The number of methoxy groups -OCH3 is 2. The molecule has 7 heteroatoms. The van der Waals surface area contributed by atoms with Gasteiger partial charge in [-0.25, -0.2) is 10.4 Å². The van der Waals surface area contributed by atoms with Crippen molar-refractivity contribution in [2.24, 2.45) is 5.10 Å². The summed E-state index contributed by atoms with van der Waals surface area (Å²) in [6, 6.07) is 19.6. The minimum absolute atomic E-state index is 0.572. The zero-order valence-corrected chi connectivity index (χ0v) is 18.9. The molecule has 0 radical (unpaired) electrons. The fourth-order valence-electron chi connectivity index (χ4n) is 4.02. The number of H-pyrrole nitrogens is 1. The van der Waals surface area contributed by atoms with Crippen molar-refractivity contribution in [3.05, 3.63) is 77.1 Å². The molecule has 7 nitrogen and oxygen atoms in total. The Kier molecular flexibility index (Phi) is 5.22. The van der Waals surface area contributed by atoms with E-state index in [1.165, 1.54) is 0 Å². The van der Waals surface area contributed by atoms with E-state index >= 15 is 0 Å². The van der Waals surface area contributed by atoms with Gasteiger partial charge in [0.05, 0.1) is 30.6 Å². The monoisotopic (exact) mass is 440 g/mol. The minimum atomic E-state index is 0.572. The molecule has 166 valence electrons. The van der Waals surface area contributed by atoms with E-state index in [4.69, 9.17) is 19.0 Å². The molecule has 0 bridgehead atoms. The molecule has 5 rings (SSSR count). The highest BCUT2D eigenvalue weighted by Gasteiger charge is 2.12. The normalized spacial score (nSPS) is 11.8. The van der Waals surface area contributed by atoms with Gasteiger partial charge in [-0.1, -0.05) is 18.2 Å². The van der Waals surface area contributed by atoms with Crippen LogP contribution in [0.5, 0.6) is 11.5 Å². The lowest BCUT2D eigenvalue weighted by Gasteiger charge is -2.11. The van der Waals surface area contributed by atoms with Gasteiger partial charge in [-0.05, 0) is 61.4 Å². The van der Waals surface area contributed by atoms with Crippen molar-refractivity contribution in [3.63, 3.8) is 0 Å². The number of imidazole rings is 1. The van der Waals surface area contributed by atoms with E-state index in [9.17, 15) is 0 Å². The van der Waals surface area contributed by atoms with E-state index in [2.05, 4.69) is 35.3 Å². The van der Waals surface area contributed by atoms with E-state index in [-0.39, 0.29) is 0 Å². The highest BCUT2D eigenvalue weighted by atomic mass is 16.5. The molecule has 0 spiro atoms. The molecule has 33 heavy (non-hydrogen) atoms. The molecule has 0 amide bonds. The molecule has 2 aromatic heterocycles. The minimum Gasteiger partial charge on any atom is -0.493 e. The Hall–Kier alpha value is -4.26. The Morgan fingerprint density at radius 2 is 1.76 bits per heavy atom. The molecule has 0 unspecified atom stereocenters. The van der Waals surface area contributed by atoms with E-state index in [1.807, 2.05) is 54.6 Å². The number of aromatic nitrogens is 2. The van der Waals surface area contributed by atoms with Crippen molar-refractivity contribution in [2.45, 2.75) is 13.8 Å². The van der Waals surface area contributed by atoms with Crippen LogP contribution in [0.25, 0.3) is 33.3 Å². The summed E-state index contributed by atoms with van der Waals surface area (Å²) in [5.41, 5.74) is 8.70. The molecule has 2 N–H and O–H groups in total. The molecule has 0 fully saturated rings. The van der Waals surface area contributed by atoms with Crippen molar-refractivity contribution in [2.75, 3.05) is 19.6 Å². The first-order chi connectivity index (χ1) is 16.1. The van der Waals surface area contributed by atoms with Gasteiger partial charge in [0.2, 0.25) is 5.95 Å². The first kappa shape index (κ1) is 20.6. The number of anilines is 1. The van der Waals surface area contributed by atoms with Gasteiger partial charge < -0.3 is 18.9 Å². The average Bonchev–Trinajstić information content (AvgIpc) is 3.24. The topological polar surface area (TPSA) is 84.7 Å². The number of hydrogen-bond donors (Lipinski definition) is 2. The molecule has 0 aliphatic rings. The van der Waals surface area contributed by atoms with E-state index in [1.54, 1.807) is 14.2 Å². The fraction of sp³-hybridized carbons (Fsp3) is 0.154. The highest BCUT2D eigenvalue weighted by Crippen LogP contribution is 2.33. The van der Waals surface area contributed by atoms with Crippen LogP contribution in [0, 0.1) is 13.8 Å². The fourth-order valence-corrected chi connectivity index (χ4v) is 4.02. The predicted octanol–water partition coefficient (Wildman–Crippen LogP) is 5.54. The van der Waals surface area contributed by atoms with Gasteiger partial charge in [0.25, 0.3) is 0 Å². The number of ether oxygens (including phenoxy) is 2. The van der Waals surface area contributed by atoms with Gasteiger partial charge in [-0.3, -0.25) is 0 Å². The van der Waals surface area contributed by atoms with Crippen LogP contribution >= 0.6 is 0 Å². The Labute approximate surface area is 190 Å². The zero-order chi connectivity index (χ0) is 22.9. The lowest BCUT2D eigenvalue weighted by atomic mass is 10.0. The molecule has 0 aliphatic carbocycles. The molecule has 0 saturated carbocycles. The number of aromatic amines is 1. The summed E-state index contributed by atoms with van der Waals surface area (Å²) in [6.45, 7) is 4.11. The van der Waals surface area contributed by atoms with Crippen LogP contribution in [0.15, 0.2) is 70.2 Å². The number of hydrogen-bond acceptors (Lipinski definition) is 6. The standard InChI is InChI=1S/C26H24N4O3/c1-15-11-16(2)25-20(29-30-26-27-18-7-5-6-8-19(18)28-26)14-22(33-24(25)12-15)17-9-10-21(31-3)23(13-17)32-4/h5-14H,1-4H3,(H2,27,28,30)/b29-20+. The number of rotatable bonds is 5. The van der Waals surface area contributed by atoms with Gasteiger partial charge in [0, 0.05) is 17.0 Å². The largest absolute Gasteiger partial charge is 0.493 e. The molecule has 0 saturated heterocycles. The molecular formula is C26H24N4O3. The molecule has 0 aliphatic heterocycles.